The highest BCUT2D eigenvalue weighted by Gasteiger charge is 2.64. The van der Waals surface area contributed by atoms with E-state index in [1.54, 1.807) is 32.1 Å². The molecule has 4 bridgehead atoms. The van der Waals surface area contributed by atoms with Crippen molar-refractivity contribution in [3.8, 4) is 0 Å². The Labute approximate surface area is 68.4 Å². The van der Waals surface area contributed by atoms with E-state index in [0.29, 0.717) is 0 Å². The highest BCUT2D eigenvalue weighted by molar-refractivity contribution is 5.13. The van der Waals surface area contributed by atoms with Crippen LogP contribution in [0.1, 0.15) is 32.1 Å². The minimum atomic E-state index is 1.20. The minimum absolute atomic E-state index is 1.20. The first-order chi connectivity index (χ1) is 5.45. The maximum atomic E-state index is 1.65. The van der Waals surface area contributed by atoms with E-state index in [0.717, 1.165) is 0 Å². The first-order valence-electron chi connectivity index (χ1n) is 5.45. The first kappa shape index (κ1) is 5.61. The minimum Gasteiger partial charge on any atom is -0.0499 e. The third kappa shape index (κ3) is 0.443. The van der Waals surface area contributed by atoms with Crippen LogP contribution < -0.4 is 0 Å². The van der Waals surface area contributed by atoms with Crippen LogP contribution in [0.2, 0.25) is 0 Å². The summed E-state index contributed by atoms with van der Waals surface area (Å²) in [5.41, 5.74) is 0. The third-order valence-corrected chi connectivity index (χ3v) is 5.47. The van der Waals surface area contributed by atoms with E-state index < -0.39 is 0 Å². The third-order valence-electron chi connectivity index (χ3n) is 5.47. The Balaban J connectivity index is 1.85. The lowest BCUT2D eigenvalue weighted by molar-refractivity contribution is 0.0579. The summed E-state index contributed by atoms with van der Waals surface area (Å²) >= 11 is 0. The van der Waals surface area contributed by atoms with Crippen molar-refractivity contribution in [2.75, 3.05) is 0 Å². The molecule has 0 spiro atoms. The summed E-state index contributed by atoms with van der Waals surface area (Å²) in [6.07, 6.45) is 8.10. The van der Waals surface area contributed by atoms with Gasteiger partial charge in [-0.1, -0.05) is 0 Å². The predicted molar refractivity (Wildman–Crippen MR) is 44.0 cm³/mol. The second kappa shape index (κ2) is 1.53. The zero-order chi connectivity index (χ0) is 7.00. The van der Waals surface area contributed by atoms with E-state index in [2.05, 4.69) is 0 Å². The lowest BCUT2D eigenvalue weighted by Gasteiger charge is -2.43. The molecule has 4 aliphatic carbocycles. The topological polar surface area (TPSA) is 0 Å². The fourth-order valence-corrected chi connectivity index (χ4v) is 5.20. The maximum absolute atomic E-state index is 1.65. The van der Waals surface area contributed by atoms with Crippen molar-refractivity contribution < 1.29 is 0 Å². The summed E-state index contributed by atoms with van der Waals surface area (Å²) in [4.78, 5) is 0. The molecule has 4 rings (SSSR count). The largest absolute Gasteiger partial charge is 0.0499 e. The first-order valence-corrected chi connectivity index (χ1v) is 5.45. The zero-order valence-electron chi connectivity index (χ0n) is 7.00. The number of fused-ring (bicyclic) bond motifs is 1. The normalized spacial score (nSPS) is 69.8. The molecule has 3 unspecified atom stereocenters. The van der Waals surface area contributed by atoms with E-state index in [9.17, 15) is 0 Å². The van der Waals surface area contributed by atoms with Crippen molar-refractivity contribution in [3.63, 3.8) is 0 Å². The van der Waals surface area contributed by atoms with E-state index in [1.165, 1.54) is 35.5 Å². The molecule has 4 aliphatic rings. The molecule has 0 aromatic rings. The van der Waals surface area contributed by atoms with Gasteiger partial charge < -0.3 is 0 Å². The van der Waals surface area contributed by atoms with Gasteiger partial charge in [0.25, 0.3) is 0 Å². The van der Waals surface area contributed by atoms with Gasteiger partial charge in [0.2, 0.25) is 0 Å². The summed E-state index contributed by atoms with van der Waals surface area (Å²) in [5.74, 6) is 7.40. The smallest absolute Gasteiger partial charge is 0.0323 e. The van der Waals surface area contributed by atoms with E-state index >= 15 is 0 Å². The van der Waals surface area contributed by atoms with Crippen molar-refractivity contribution in [2.45, 2.75) is 32.1 Å². The Morgan fingerprint density at radius 3 is 2.36 bits per heavy atom. The van der Waals surface area contributed by atoms with Crippen LogP contribution in [0, 0.1) is 35.5 Å². The second-order valence-corrected chi connectivity index (χ2v) is 5.38. The molecule has 0 nitrogen and oxygen atoms in total. The second-order valence-electron chi connectivity index (χ2n) is 5.38. The molecule has 6 atom stereocenters. The molecule has 4 saturated carbocycles. The molecule has 0 heterocycles. The van der Waals surface area contributed by atoms with Gasteiger partial charge >= 0.3 is 0 Å². The maximum Gasteiger partial charge on any atom is -0.0323 e. The molecule has 4 fully saturated rings. The molecule has 0 amide bonds. The molecule has 0 radical (unpaired) electrons. The van der Waals surface area contributed by atoms with Crippen molar-refractivity contribution >= 4 is 0 Å². The summed E-state index contributed by atoms with van der Waals surface area (Å²) < 4.78 is 0. The van der Waals surface area contributed by atoms with E-state index in [4.69, 9.17) is 0 Å². The summed E-state index contributed by atoms with van der Waals surface area (Å²) in [6.45, 7) is 0. The highest BCUT2D eigenvalue weighted by Crippen LogP contribution is 2.71. The van der Waals surface area contributed by atoms with Gasteiger partial charge in [-0.05, 0) is 67.6 Å². The van der Waals surface area contributed by atoms with Gasteiger partial charge in [0.1, 0.15) is 0 Å². The molecule has 0 N–H and O–H groups in total. The van der Waals surface area contributed by atoms with E-state index in [1.807, 2.05) is 0 Å². The number of rotatable bonds is 0. The fraction of sp³-hybridized carbons (Fsp3) is 1.00. The van der Waals surface area contributed by atoms with Crippen LogP contribution in [0.3, 0.4) is 0 Å². The Morgan fingerprint density at radius 2 is 1.45 bits per heavy atom. The zero-order valence-corrected chi connectivity index (χ0v) is 7.00. The van der Waals surface area contributed by atoms with Crippen LogP contribution in [0.25, 0.3) is 0 Å². The van der Waals surface area contributed by atoms with Crippen LogP contribution in [0.5, 0.6) is 0 Å². The fourth-order valence-electron chi connectivity index (χ4n) is 5.20. The average Bonchev–Trinajstić information content (AvgIpc) is 2.49. The average molecular weight is 148 g/mol. The molecule has 60 valence electrons. The number of hydrogen-bond donors (Lipinski definition) is 0. The van der Waals surface area contributed by atoms with Crippen molar-refractivity contribution in [1.82, 2.24) is 0 Å². The van der Waals surface area contributed by atoms with Crippen molar-refractivity contribution in [2.24, 2.45) is 35.5 Å². The van der Waals surface area contributed by atoms with Crippen molar-refractivity contribution in [1.29, 1.82) is 0 Å². The van der Waals surface area contributed by atoms with Gasteiger partial charge in [0.15, 0.2) is 0 Å². The molecule has 0 aliphatic heterocycles. The SMILES string of the molecule is C1CC2C3C1CC[C@@H]1[C@@H]2C[C@H]31. The van der Waals surface area contributed by atoms with Crippen LogP contribution in [0.15, 0.2) is 0 Å². The summed E-state index contributed by atoms with van der Waals surface area (Å²) in [7, 11) is 0. The van der Waals surface area contributed by atoms with Crippen LogP contribution in [-0.2, 0) is 0 Å². The molecule has 11 heavy (non-hydrogen) atoms. The van der Waals surface area contributed by atoms with Gasteiger partial charge in [0, 0.05) is 0 Å². The summed E-state index contributed by atoms with van der Waals surface area (Å²) in [6, 6.07) is 0. The molecule has 0 heteroatoms. The molecular formula is C11H16. The van der Waals surface area contributed by atoms with Crippen molar-refractivity contribution in [3.05, 3.63) is 0 Å². The monoisotopic (exact) mass is 148 g/mol. The Morgan fingerprint density at radius 1 is 0.636 bits per heavy atom. The molecule has 0 aromatic carbocycles. The molecule has 0 saturated heterocycles. The Bertz CT molecular complexity index is 200. The van der Waals surface area contributed by atoms with Gasteiger partial charge in [0.05, 0.1) is 0 Å². The predicted octanol–water partition coefficient (Wildman–Crippen LogP) is 2.69. The van der Waals surface area contributed by atoms with Gasteiger partial charge in [-0.2, -0.15) is 0 Å². The van der Waals surface area contributed by atoms with Gasteiger partial charge in [-0.15, -0.1) is 0 Å². The highest BCUT2D eigenvalue weighted by atomic mass is 14.7. The lowest BCUT2D eigenvalue weighted by atomic mass is 9.62. The summed E-state index contributed by atoms with van der Waals surface area (Å²) in [5, 5.41) is 0. The van der Waals surface area contributed by atoms with E-state index in [-0.39, 0.29) is 0 Å². The van der Waals surface area contributed by atoms with Crippen LogP contribution >= 0.6 is 0 Å². The van der Waals surface area contributed by atoms with Crippen LogP contribution in [-0.4, -0.2) is 0 Å². The lowest BCUT2D eigenvalue weighted by Crippen LogP contribution is -2.35. The molecule has 0 aromatic heterocycles. The Hall–Kier alpha value is 0. The van der Waals surface area contributed by atoms with Gasteiger partial charge in [-0.3, -0.25) is 0 Å². The van der Waals surface area contributed by atoms with Crippen LogP contribution in [0.4, 0.5) is 0 Å². The van der Waals surface area contributed by atoms with Gasteiger partial charge in [-0.25, -0.2) is 0 Å². The standard InChI is InChI=1S/C11H16/c1-3-7-9-5-10(7)11-6(1)2-4-8(9)11/h6-11H,1-5H2/t6?,7-,8?,9+,10+,11?/m1/s1. The molecular weight excluding hydrogens is 132 g/mol. The quantitative estimate of drug-likeness (QED) is 0.495. The Kier molecular flexibility index (Phi) is 0.781. The number of hydrogen-bond acceptors (Lipinski definition) is 0.